The molecular formula is C31H32N2O7. The first kappa shape index (κ1) is 27.4. The Kier molecular flexibility index (Phi) is 8.42. The maximum atomic E-state index is 13.0. The lowest BCUT2D eigenvalue weighted by Crippen LogP contribution is -2.55. The number of carboxylic acids is 1. The number of carbonyl (C=O) groups is 3. The van der Waals surface area contributed by atoms with Gasteiger partial charge in [-0.05, 0) is 41.2 Å². The molecule has 0 bridgehead atoms. The lowest BCUT2D eigenvalue weighted by Gasteiger charge is -2.25. The predicted molar refractivity (Wildman–Crippen MR) is 147 cm³/mol. The minimum absolute atomic E-state index is 0.0919. The summed E-state index contributed by atoms with van der Waals surface area (Å²) in [4.78, 5) is 37.7. The number of carboxylic acid groups (broad SMARTS) is 1. The van der Waals surface area contributed by atoms with E-state index < -0.39 is 42.3 Å². The van der Waals surface area contributed by atoms with Gasteiger partial charge in [0.15, 0.2) is 12.1 Å². The lowest BCUT2D eigenvalue weighted by molar-refractivity contribution is -0.148. The van der Waals surface area contributed by atoms with Gasteiger partial charge in [-0.25, -0.2) is 9.59 Å². The minimum Gasteiger partial charge on any atom is -0.480 e. The van der Waals surface area contributed by atoms with Gasteiger partial charge >= 0.3 is 12.1 Å². The molecule has 1 aliphatic carbocycles. The van der Waals surface area contributed by atoms with E-state index in [1.807, 2.05) is 66.7 Å². The Balaban J connectivity index is 1.16. The summed E-state index contributed by atoms with van der Waals surface area (Å²) < 4.78 is 16.9. The van der Waals surface area contributed by atoms with E-state index in [2.05, 4.69) is 22.8 Å². The molecule has 9 heteroatoms. The van der Waals surface area contributed by atoms with Crippen molar-refractivity contribution in [2.24, 2.45) is 0 Å². The van der Waals surface area contributed by atoms with Crippen LogP contribution in [0.25, 0.3) is 11.1 Å². The van der Waals surface area contributed by atoms with Gasteiger partial charge in [-0.3, -0.25) is 4.79 Å². The fourth-order valence-electron chi connectivity index (χ4n) is 5.30. The average molecular weight is 545 g/mol. The molecule has 0 spiro atoms. The average Bonchev–Trinajstić information content (AvgIpc) is 3.56. The third kappa shape index (κ3) is 6.00. The maximum absolute atomic E-state index is 13.0. The molecule has 0 radical (unpaired) electrons. The van der Waals surface area contributed by atoms with Crippen LogP contribution < -0.4 is 10.6 Å². The summed E-state index contributed by atoms with van der Waals surface area (Å²) in [6, 6.07) is 23.5. The van der Waals surface area contributed by atoms with E-state index in [4.69, 9.17) is 14.2 Å². The molecule has 1 heterocycles. The van der Waals surface area contributed by atoms with Crippen LogP contribution in [-0.2, 0) is 30.4 Å². The second kappa shape index (κ2) is 12.3. The molecule has 208 valence electrons. The molecule has 3 N–H and O–H groups in total. The number of alkyl carbamates (subject to hydrolysis) is 1. The summed E-state index contributed by atoms with van der Waals surface area (Å²) in [6.07, 6.45) is -2.13. The third-order valence-electron chi connectivity index (χ3n) is 7.39. The van der Waals surface area contributed by atoms with Gasteiger partial charge < -0.3 is 30.0 Å². The Bertz CT molecular complexity index is 1320. The number of hydrogen-bond acceptors (Lipinski definition) is 6. The molecule has 2 amide bonds. The van der Waals surface area contributed by atoms with Gasteiger partial charge in [-0.15, -0.1) is 0 Å². The van der Waals surface area contributed by atoms with Crippen LogP contribution in [0, 0.1) is 0 Å². The number of benzene rings is 3. The third-order valence-corrected chi connectivity index (χ3v) is 7.39. The van der Waals surface area contributed by atoms with Crippen LogP contribution in [0.5, 0.6) is 0 Å². The molecule has 3 aromatic carbocycles. The number of fused-ring (bicyclic) bond motifs is 3. The van der Waals surface area contributed by atoms with E-state index in [1.165, 1.54) is 0 Å². The van der Waals surface area contributed by atoms with Crippen molar-refractivity contribution in [1.29, 1.82) is 0 Å². The van der Waals surface area contributed by atoms with Crippen molar-refractivity contribution in [2.45, 2.75) is 50.2 Å². The lowest BCUT2D eigenvalue weighted by atomic mass is 9.98. The van der Waals surface area contributed by atoms with E-state index in [9.17, 15) is 19.5 Å². The highest BCUT2D eigenvalue weighted by Gasteiger charge is 2.39. The van der Waals surface area contributed by atoms with Crippen molar-refractivity contribution in [3.63, 3.8) is 0 Å². The highest BCUT2D eigenvalue weighted by Crippen LogP contribution is 2.44. The summed E-state index contributed by atoms with van der Waals surface area (Å²) in [5.41, 5.74) is 5.34. The molecule has 2 aliphatic rings. The molecule has 4 atom stereocenters. The van der Waals surface area contributed by atoms with Gasteiger partial charge in [0.1, 0.15) is 6.61 Å². The highest BCUT2D eigenvalue weighted by atomic mass is 16.6. The minimum atomic E-state index is -1.30. The molecule has 1 saturated heterocycles. The smallest absolute Gasteiger partial charge is 0.407 e. The Morgan fingerprint density at radius 2 is 1.57 bits per heavy atom. The van der Waals surface area contributed by atoms with Gasteiger partial charge in [-0.1, -0.05) is 78.9 Å². The Morgan fingerprint density at radius 1 is 0.950 bits per heavy atom. The van der Waals surface area contributed by atoms with Crippen LogP contribution in [0.1, 0.15) is 36.0 Å². The van der Waals surface area contributed by atoms with Crippen molar-refractivity contribution in [3.8, 4) is 11.1 Å². The number of hydrogen-bond donors (Lipinski definition) is 3. The summed E-state index contributed by atoms with van der Waals surface area (Å²) in [6.45, 7) is 2.17. The fraction of sp³-hybridized carbons (Fsp3) is 0.323. The van der Waals surface area contributed by atoms with Gasteiger partial charge in [0.05, 0.1) is 18.8 Å². The van der Waals surface area contributed by atoms with Crippen LogP contribution in [0.4, 0.5) is 4.79 Å². The van der Waals surface area contributed by atoms with Gasteiger partial charge in [0, 0.05) is 12.5 Å². The molecule has 1 fully saturated rings. The number of aliphatic carboxylic acids is 1. The molecule has 5 rings (SSSR count). The van der Waals surface area contributed by atoms with Crippen molar-refractivity contribution in [1.82, 2.24) is 10.6 Å². The number of carbonyl (C=O) groups excluding carboxylic acids is 2. The van der Waals surface area contributed by atoms with E-state index in [0.717, 1.165) is 27.8 Å². The Morgan fingerprint density at radius 3 is 2.23 bits per heavy atom. The Hall–Kier alpha value is -4.21. The van der Waals surface area contributed by atoms with E-state index in [1.54, 1.807) is 6.92 Å². The summed E-state index contributed by atoms with van der Waals surface area (Å²) in [5, 5.41) is 15.0. The van der Waals surface area contributed by atoms with E-state index in [0.29, 0.717) is 6.42 Å². The van der Waals surface area contributed by atoms with Crippen LogP contribution in [-0.4, -0.2) is 60.6 Å². The molecule has 1 aliphatic heterocycles. The largest absolute Gasteiger partial charge is 0.480 e. The zero-order chi connectivity index (χ0) is 28.1. The highest BCUT2D eigenvalue weighted by molar-refractivity contribution is 5.88. The fourth-order valence-corrected chi connectivity index (χ4v) is 5.30. The van der Waals surface area contributed by atoms with Crippen LogP contribution in [0.15, 0.2) is 78.9 Å². The monoisotopic (exact) mass is 544 g/mol. The first-order chi connectivity index (χ1) is 19.4. The van der Waals surface area contributed by atoms with Crippen molar-refractivity contribution >= 4 is 18.0 Å². The van der Waals surface area contributed by atoms with E-state index in [-0.39, 0.29) is 25.7 Å². The first-order valence-electron chi connectivity index (χ1n) is 13.3. The molecular weight excluding hydrogens is 512 g/mol. The second-order valence-electron chi connectivity index (χ2n) is 9.98. The number of ether oxygens (including phenoxy) is 3. The summed E-state index contributed by atoms with van der Waals surface area (Å²) in [5.74, 6) is -1.96. The molecule has 9 nitrogen and oxygen atoms in total. The molecule has 0 aromatic heterocycles. The SMILES string of the molecule is C[C@H](OCc1ccccc1)[C@@H](NC(=O)C1OCCC1NC(=O)OCC1c2ccccc2-c2ccccc21)C(=O)O. The summed E-state index contributed by atoms with van der Waals surface area (Å²) in [7, 11) is 0. The number of nitrogens with one attached hydrogen (secondary N) is 2. The maximum Gasteiger partial charge on any atom is 0.407 e. The molecule has 2 unspecified atom stereocenters. The number of rotatable bonds is 10. The molecule has 40 heavy (non-hydrogen) atoms. The quantitative estimate of drug-likeness (QED) is 0.354. The van der Waals surface area contributed by atoms with Gasteiger partial charge in [0.2, 0.25) is 0 Å². The first-order valence-corrected chi connectivity index (χ1v) is 13.3. The normalized spacial score (nSPS) is 19.2. The van der Waals surface area contributed by atoms with Crippen LogP contribution >= 0.6 is 0 Å². The second-order valence-corrected chi connectivity index (χ2v) is 9.98. The van der Waals surface area contributed by atoms with Gasteiger partial charge in [-0.2, -0.15) is 0 Å². The van der Waals surface area contributed by atoms with Crippen LogP contribution in [0.2, 0.25) is 0 Å². The zero-order valence-corrected chi connectivity index (χ0v) is 22.1. The summed E-state index contributed by atoms with van der Waals surface area (Å²) >= 11 is 0. The molecule has 3 aromatic rings. The standard InChI is InChI=1S/C31H32N2O7/c1-19(39-17-20-9-3-2-4-10-20)27(30(35)36)33-29(34)28-26(15-16-38-28)32-31(37)40-18-25-23-13-7-5-11-21(23)22-12-6-8-14-24(22)25/h2-14,19,25-28H,15-18H2,1H3,(H,32,37)(H,33,34)(H,35,36)/t19-,26?,27+,28?/m0/s1. The van der Waals surface area contributed by atoms with Crippen molar-refractivity contribution in [2.75, 3.05) is 13.2 Å². The van der Waals surface area contributed by atoms with Crippen molar-refractivity contribution in [3.05, 3.63) is 95.6 Å². The topological polar surface area (TPSA) is 123 Å². The van der Waals surface area contributed by atoms with Crippen molar-refractivity contribution < 1.29 is 33.7 Å². The number of amides is 2. The van der Waals surface area contributed by atoms with E-state index >= 15 is 0 Å². The Labute approximate surface area is 232 Å². The predicted octanol–water partition coefficient (Wildman–Crippen LogP) is 3.86. The van der Waals surface area contributed by atoms with Crippen LogP contribution in [0.3, 0.4) is 0 Å². The molecule has 0 saturated carbocycles. The van der Waals surface area contributed by atoms with Gasteiger partial charge in [0.25, 0.3) is 5.91 Å². The zero-order valence-electron chi connectivity index (χ0n) is 22.1.